The summed E-state index contributed by atoms with van der Waals surface area (Å²) in [7, 11) is 0. The molecule has 1 heterocycles. The number of halogens is 30. The number of benzene rings is 7. The van der Waals surface area contributed by atoms with Gasteiger partial charge in [0, 0.05) is 6.42 Å². The first-order valence-corrected chi connectivity index (χ1v) is 28.2. The summed E-state index contributed by atoms with van der Waals surface area (Å²) in [6, 6.07) is 8.28. The summed E-state index contributed by atoms with van der Waals surface area (Å²) in [6.45, 7) is 2.28. The predicted molar refractivity (Wildman–Crippen MR) is 254 cm³/mol. The van der Waals surface area contributed by atoms with Gasteiger partial charge in [-0.1, -0.05) is 70.4 Å². The number of fused-ring (bicyclic) bond motifs is 1. The SMILES string of the molecule is CCCCCCCCCCCc1nc2ccccc2[nH]1.Fc1c(F)c(F)[c]([Al]([c]2c(F)c(F)c(F)c(F)c2F)[c]2c(F)c(F)c(F)c(F)c2F)c(F)c1F.Fc1c(F)c(F)[c]([Al]([c]2c(F)c(F)c(F)c(F)c2F)[c]2c(F)c(F)c(F)c(F)c2F)c(F)c1F. The zero-order valence-electron chi connectivity index (χ0n) is 43.3. The standard InChI is InChI=1S/C18H28N2.6C6F5.2Al/c1-2-3-4-5-6-7-8-9-10-15-18-19-16-13-11-12-14-17(16)20-18;6*7-2-1-3(8)5(10)6(11)4(2)9;;/h11-14H,2-10,15H2,1H3,(H,19,20);;;;;;;;. The third-order valence-electron chi connectivity index (χ3n) is 13.2. The van der Waals surface area contributed by atoms with Gasteiger partial charge in [-0.2, -0.15) is 0 Å². The Balaban J connectivity index is 0.000000218. The summed E-state index contributed by atoms with van der Waals surface area (Å²) in [6.07, 6.45) is 13.5. The second-order valence-corrected chi connectivity index (χ2v) is 23.7. The smallest absolute Gasteiger partial charge is 0.342 e. The van der Waals surface area contributed by atoms with Crippen molar-refractivity contribution in [2.24, 2.45) is 0 Å². The number of H-pyrrole nitrogens is 1. The van der Waals surface area contributed by atoms with Crippen LogP contribution in [0, 0.1) is 175 Å². The number of aromatic nitrogens is 2. The largest absolute Gasteiger partial charge is 0.413 e. The van der Waals surface area contributed by atoms with Crippen molar-refractivity contribution in [3.8, 4) is 0 Å². The quantitative estimate of drug-likeness (QED) is 0.0337. The summed E-state index contributed by atoms with van der Waals surface area (Å²) in [4.78, 5) is 8.03. The van der Waals surface area contributed by atoms with Crippen molar-refractivity contribution in [1.29, 1.82) is 0 Å². The minimum Gasteiger partial charge on any atom is -0.342 e. The summed E-state index contributed by atoms with van der Waals surface area (Å²) in [5, 5.41) is 0. The molecule has 8 aromatic rings. The number of para-hydroxylation sites is 2. The van der Waals surface area contributed by atoms with Crippen LogP contribution in [0.3, 0.4) is 0 Å². The Morgan fingerprint density at radius 2 is 0.455 bits per heavy atom. The van der Waals surface area contributed by atoms with Gasteiger partial charge in [0.2, 0.25) is 0 Å². The topological polar surface area (TPSA) is 28.7 Å². The summed E-state index contributed by atoms with van der Waals surface area (Å²) in [5.41, 5.74) is 2.26. The lowest BCUT2D eigenvalue weighted by atomic mass is 10.1. The number of rotatable bonds is 16. The van der Waals surface area contributed by atoms with E-state index in [0.717, 1.165) is 17.8 Å². The number of imidazole rings is 1. The molecule has 470 valence electrons. The Morgan fingerprint density at radius 3 is 0.670 bits per heavy atom. The zero-order valence-corrected chi connectivity index (χ0v) is 45.6. The molecule has 0 saturated heterocycles. The number of nitrogens with one attached hydrogen (secondary N) is 1. The Labute approximate surface area is 481 Å². The van der Waals surface area contributed by atoms with Crippen LogP contribution in [0.15, 0.2) is 24.3 Å². The van der Waals surface area contributed by atoms with Crippen molar-refractivity contribution in [3.05, 3.63) is 205 Å². The molecule has 8 rings (SSSR count). The van der Waals surface area contributed by atoms with Crippen LogP contribution in [0.1, 0.15) is 70.5 Å². The molecule has 0 aliphatic carbocycles. The normalized spacial score (nSPS) is 11.4. The van der Waals surface area contributed by atoms with Gasteiger partial charge in [-0.15, -0.1) is 0 Å². The molecule has 0 fully saturated rings. The van der Waals surface area contributed by atoms with E-state index in [9.17, 15) is 132 Å². The van der Waals surface area contributed by atoms with Crippen LogP contribution in [0.25, 0.3) is 11.0 Å². The van der Waals surface area contributed by atoms with Gasteiger partial charge in [-0.25, -0.2) is 137 Å². The van der Waals surface area contributed by atoms with Crippen molar-refractivity contribution in [1.82, 2.24) is 9.97 Å². The molecule has 0 aliphatic rings. The van der Waals surface area contributed by atoms with Crippen LogP contribution in [-0.2, 0) is 6.42 Å². The summed E-state index contributed by atoms with van der Waals surface area (Å²) in [5.74, 6) is -88.0. The van der Waals surface area contributed by atoms with Crippen LogP contribution >= 0.6 is 0 Å². The highest BCUT2D eigenvalue weighted by Crippen LogP contribution is 2.27. The summed E-state index contributed by atoms with van der Waals surface area (Å²) >= 11 is -11.9. The molecule has 0 bridgehead atoms. The van der Waals surface area contributed by atoms with E-state index in [4.69, 9.17) is 0 Å². The lowest BCUT2D eigenvalue weighted by molar-refractivity contribution is 0.380. The molecule has 0 radical (unpaired) electrons. The van der Waals surface area contributed by atoms with Crippen molar-refractivity contribution < 1.29 is 132 Å². The molecule has 88 heavy (non-hydrogen) atoms. The number of hydrogen-bond donors (Lipinski definition) is 1. The van der Waals surface area contributed by atoms with Gasteiger partial charge >= 0.3 is 28.3 Å². The van der Waals surface area contributed by atoms with Gasteiger partial charge in [0.05, 0.1) is 11.0 Å². The maximum absolute atomic E-state index is 14.4. The molecule has 0 saturated carbocycles. The molecule has 34 heteroatoms. The number of aromatic amines is 1. The highest BCUT2D eigenvalue weighted by molar-refractivity contribution is 6.96. The average molecular weight is 1330 g/mol. The van der Waals surface area contributed by atoms with Gasteiger partial charge in [0.1, 0.15) is 5.82 Å². The molecular formula is C54H28Al2F30N2. The molecule has 0 aliphatic heterocycles. The minimum atomic E-state index is -5.96. The second kappa shape index (κ2) is 28.6. The number of unbranched alkanes of at least 4 members (excludes halogenated alkanes) is 8. The Kier molecular flexibility index (Phi) is 22.8. The van der Waals surface area contributed by atoms with Gasteiger partial charge in [-0.3, -0.25) is 0 Å². The molecule has 0 spiro atoms. The van der Waals surface area contributed by atoms with Crippen molar-refractivity contribution in [2.45, 2.75) is 71.1 Å². The van der Waals surface area contributed by atoms with Crippen LogP contribution in [0.5, 0.6) is 0 Å². The molecule has 0 atom stereocenters. The maximum Gasteiger partial charge on any atom is 0.413 e. The lowest BCUT2D eigenvalue weighted by Gasteiger charge is -2.20. The van der Waals surface area contributed by atoms with E-state index in [0.29, 0.717) is 0 Å². The molecule has 7 aromatic carbocycles. The lowest BCUT2D eigenvalue weighted by Crippen LogP contribution is -2.60. The predicted octanol–water partition coefficient (Wildman–Crippen LogP) is 14.2. The Morgan fingerprint density at radius 1 is 0.261 bits per heavy atom. The molecule has 0 amide bonds. The highest BCUT2D eigenvalue weighted by Gasteiger charge is 2.49. The van der Waals surface area contributed by atoms with Gasteiger partial charge < -0.3 is 4.98 Å². The first-order valence-electron chi connectivity index (χ1n) is 24.7. The fourth-order valence-electron chi connectivity index (χ4n) is 8.85. The monoisotopic (exact) mass is 1330 g/mol. The van der Waals surface area contributed by atoms with Crippen molar-refractivity contribution >= 4 is 65.9 Å². The van der Waals surface area contributed by atoms with Crippen LogP contribution in [0.4, 0.5) is 132 Å². The van der Waals surface area contributed by atoms with Crippen LogP contribution in [-0.4, -0.2) is 38.3 Å². The number of hydrogen-bond acceptors (Lipinski definition) is 1. The fourth-order valence-corrected chi connectivity index (χ4v) is 15.1. The highest BCUT2D eigenvalue weighted by atomic mass is 27.2. The van der Waals surface area contributed by atoms with Gasteiger partial charge in [0.25, 0.3) is 0 Å². The summed E-state index contributed by atoms with van der Waals surface area (Å²) < 4.78 is 403. The zero-order chi connectivity index (χ0) is 66.0. The third kappa shape index (κ3) is 13.2. The molecule has 1 aromatic heterocycles. The number of aryl methyl sites for hydroxylation is 1. The van der Waals surface area contributed by atoms with Crippen LogP contribution in [0.2, 0.25) is 0 Å². The fraction of sp³-hybridized carbons (Fsp3) is 0.204. The third-order valence-corrected chi connectivity index (χ3v) is 19.7. The first-order chi connectivity index (χ1) is 41.2. The average Bonchev–Trinajstić information content (AvgIpc) is 1.03. The van der Waals surface area contributed by atoms with E-state index < -0.39 is 229 Å². The van der Waals surface area contributed by atoms with Gasteiger partial charge in [-0.05, 0) is 45.1 Å². The molecule has 0 unspecified atom stereocenters. The minimum absolute atomic E-state index is 1.09. The molecular weight excluding hydrogens is 1300 g/mol. The second-order valence-electron chi connectivity index (χ2n) is 18.5. The van der Waals surface area contributed by atoms with E-state index >= 15 is 0 Å². The number of nitrogens with zero attached hydrogens (tertiary/aromatic N) is 1. The first kappa shape index (κ1) is 70.1. The van der Waals surface area contributed by atoms with Crippen LogP contribution < -0.4 is 26.6 Å². The maximum atomic E-state index is 14.4. The Hall–Kier alpha value is -7.03. The Bertz CT molecular complexity index is 3260. The molecule has 2 nitrogen and oxygen atoms in total. The molecule has 1 N–H and O–H groups in total. The van der Waals surface area contributed by atoms with Crippen molar-refractivity contribution in [2.75, 3.05) is 0 Å². The van der Waals surface area contributed by atoms with Gasteiger partial charge in [0.15, 0.2) is 175 Å². The van der Waals surface area contributed by atoms with E-state index in [1.165, 1.54) is 63.3 Å². The van der Waals surface area contributed by atoms with E-state index in [1.807, 2.05) is 6.07 Å². The van der Waals surface area contributed by atoms with Crippen molar-refractivity contribution in [3.63, 3.8) is 0 Å². The van der Waals surface area contributed by atoms with E-state index in [2.05, 4.69) is 35.1 Å². The van der Waals surface area contributed by atoms with E-state index in [1.54, 1.807) is 0 Å². The van der Waals surface area contributed by atoms with E-state index in [-0.39, 0.29) is 0 Å².